The zero-order valence-corrected chi connectivity index (χ0v) is 19.7. The first-order valence-corrected chi connectivity index (χ1v) is 12.8. The number of anilines is 2. The van der Waals surface area contributed by atoms with Gasteiger partial charge in [0, 0.05) is 36.3 Å². The topological polar surface area (TPSA) is 129 Å². The van der Waals surface area contributed by atoms with E-state index in [9.17, 15) is 8.42 Å². The lowest BCUT2D eigenvalue weighted by Gasteiger charge is -2.27. The molecule has 10 nitrogen and oxygen atoms in total. The number of pyridine rings is 1. The molecular formula is C21H23ClN8O2S. The minimum absolute atomic E-state index is 0.170. The molecule has 1 unspecified atom stereocenters. The lowest BCUT2D eigenvalue weighted by molar-refractivity contribution is 0.567. The van der Waals surface area contributed by atoms with Gasteiger partial charge in [0.05, 0.1) is 34.9 Å². The third-order valence-corrected chi connectivity index (χ3v) is 6.84. The quantitative estimate of drug-likeness (QED) is 0.379. The molecule has 0 spiro atoms. The molecule has 0 saturated carbocycles. The van der Waals surface area contributed by atoms with Crippen molar-refractivity contribution in [2.45, 2.75) is 25.4 Å². The fourth-order valence-electron chi connectivity index (χ4n) is 4.38. The standard InChI is InChI=1S/C21H23ClN8O2S/c1-12(28-21-18-20(25-10-24-18)26-11-27-21)15-8-16(22)14-4-3-6-23-17(14)19(15)30-7-5-13(9-30)29-33(2,31)32/h3-4,6,8,10-13,29H,5,7,9H2,1-2H3,(H2,24,25,26,27,28)/t12?,13-/m0/s1. The summed E-state index contributed by atoms with van der Waals surface area (Å²) in [5.74, 6) is 0.606. The molecular weight excluding hydrogens is 464 g/mol. The molecule has 2 atom stereocenters. The van der Waals surface area contributed by atoms with Crippen LogP contribution in [-0.2, 0) is 10.0 Å². The summed E-state index contributed by atoms with van der Waals surface area (Å²) in [5, 5.41) is 4.88. The zero-order chi connectivity index (χ0) is 23.2. The van der Waals surface area contributed by atoms with Gasteiger partial charge in [0.15, 0.2) is 11.5 Å². The van der Waals surface area contributed by atoms with E-state index in [0.29, 0.717) is 41.5 Å². The maximum atomic E-state index is 11.8. The van der Waals surface area contributed by atoms with E-state index in [1.807, 2.05) is 25.1 Å². The first-order chi connectivity index (χ1) is 15.8. The Morgan fingerprint density at radius 3 is 2.91 bits per heavy atom. The molecule has 3 N–H and O–H groups in total. The number of aromatic nitrogens is 5. The van der Waals surface area contributed by atoms with E-state index >= 15 is 0 Å². The van der Waals surface area contributed by atoms with Crippen molar-refractivity contribution in [2.75, 3.05) is 29.6 Å². The Morgan fingerprint density at radius 1 is 1.24 bits per heavy atom. The number of hydrogen-bond donors (Lipinski definition) is 3. The number of benzene rings is 1. The van der Waals surface area contributed by atoms with Gasteiger partial charge in [-0.05, 0) is 31.5 Å². The smallest absolute Gasteiger partial charge is 0.209 e. The second-order valence-corrected chi connectivity index (χ2v) is 10.4. The van der Waals surface area contributed by atoms with Crippen molar-refractivity contribution in [3.63, 3.8) is 0 Å². The van der Waals surface area contributed by atoms with Crippen LogP contribution in [0.3, 0.4) is 0 Å². The molecule has 12 heteroatoms. The van der Waals surface area contributed by atoms with Crippen molar-refractivity contribution in [3.05, 3.63) is 47.6 Å². The number of nitrogens with zero attached hydrogens (tertiary/aromatic N) is 5. The number of aromatic amines is 1. The molecule has 0 amide bonds. The Bertz CT molecular complexity index is 1440. The summed E-state index contributed by atoms with van der Waals surface area (Å²) in [5.41, 5.74) is 3.94. The molecule has 0 radical (unpaired) electrons. The van der Waals surface area contributed by atoms with Crippen molar-refractivity contribution >= 4 is 55.2 Å². The molecule has 5 rings (SSSR count). The number of sulfonamides is 1. The number of nitrogens with one attached hydrogen (secondary N) is 3. The molecule has 4 aromatic rings. The molecule has 1 aliphatic rings. The summed E-state index contributed by atoms with van der Waals surface area (Å²) in [4.78, 5) is 22.7. The van der Waals surface area contributed by atoms with Gasteiger partial charge in [0.1, 0.15) is 11.8 Å². The van der Waals surface area contributed by atoms with Gasteiger partial charge in [-0.3, -0.25) is 4.98 Å². The maximum Gasteiger partial charge on any atom is 0.209 e. The molecule has 3 aromatic heterocycles. The van der Waals surface area contributed by atoms with Gasteiger partial charge in [0.25, 0.3) is 0 Å². The maximum absolute atomic E-state index is 11.8. The van der Waals surface area contributed by atoms with Crippen LogP contribution in [0.5, 0.6) is 0 Å². The van der Waals surface area contributed by atoms with Crippen LogP contribution in [0.15, 0.2) is 37.1 Å². The fraction of sp³-hybridized carbons (Fsp3) is 0.333. The Kier molecular flexibility index (Phi) is 5.55. The summed E-state index contributed by atoms with van der Waals surface area (Å²) in [7, 11) is -3.29. The van der Waals surface area contributed by atoms with Gasteiger partial charge in [0.2, 0.25) is 10.0 Å². The predicted molar refractivity (Wildman–Crippen MR) is 129 cm³/mol. The van der Waals surface area contributed by atoms with Gasteiger partial charge in [-0.2, -0.15) is 0 Å². The van der Waals surface area contributed by atoms with Crippen LogP contribution in [0.25, 0.3) is 22.1 Å². The first kappa shape index (κ1) is 21.8. The van der Waals surface area contributed by atoms with E-state index in [0.717, 1.165) is 22.2 Å². The van der Waals surface area contributed by atoms with Crippen LogP contribution in [0.4, 0.5) is 11.5 Å². The van der Waals surface area contributed by atoms with E-state index in [2.05, 4.69) is 39.9 Å². The molecule has 172 valence electrons. The highest BCUT2D eigenvalue weighted by Crippen LogP contribution is 2.40. The molecule has 1 fully saturated rings. The number of H-pyrrole nitrogens is 1. The monoisotopic (exact) mass is 486 g/mol. The number of halogens is 1. The number of hydrogen-bond acceptors (Lipinski definition) is 8. The lowest BCUT2D eigenvalue weighted by Crippen LogP contribution is -2.36. The van der Waals surface area contributed by atoms with Gasteiger partial charge >= 0.3 is 0 Å². The Hall–Kier alpha value is -3.02. The second kappa shape index (κ2) is 8.40. The van der Waals surface area contributed by atoms with Gasteiger partial charge in [-0.25, -0.2) is 28.1 Å². The molecule has 0 bridgehead atoms. The highest BCUT2D eigenvalue weighted by molar-refractivity contribution is 7.88. The number of fused-ring (bicyclic) bond motifs is 2. The predicted octanol–water partition coefficient (Wildman–Crippen LogP) is 2.86. The van der Waals surface area contributed by atoms with Gasteiger partial charge in [-0.1, -0.05) is 11.6 Å². The summed E-state index contributed by atoms with van der Waals surface area (Å²) in [6.07, 6.45) is 6.68. The SMILES string of the molecule is CC(Nc1ncnc2[nH]cnc12)c1cc(Cl)c2cccnc2c1N1CC[C@H](NS(C)(=O)=O)C1. The van der Waals surface area contributed by atoms with Crippen LogP contribution in [0.2, 0.25) is 5.02 Å². The van der Waals surface area contributed by atoms with Crippen molar-refractivity contribution < 1.29 is 8.42 Å². The van der Waals surface area contributed by atoms with Crippen LogP contribution in [0.1, 0.15) is 24.9 Å². The molecule has 4 heterocycles. The summed E-state index contributed by atoms with van der Waals surface area (Å²) in [6.45, 7) is 3.25. The van der Waals surface area contributed by atoms with E-state index in [1.165, 1.54) is 12.6 Å². The summed E-state index contributed by atoms with van der Waals surface area (Å²) < 4.78 is 26.2. The van der Waals surface area contributed by atoms with Crippen molar-refractivity contribution in [2.24, 2.45) is 0 Å². The largest absolute Gasteiger partial charge is 0.368 e. The lowest BCUT2D eigenvalue weighted by atomic mass is 10.0. The Labute approximate surface area is 195 Å². The average molecular weight is 487 g/mol. The van der Waals surface area contributed by atoms with Crippen LogP contribution >= 0.6 is 11.6 Å². The van der Waals surface area contributed by atoms with E-state index < -0.39 is 10.0 Å². The Balaban J connectivity index is 1.56. The third kappa shape index (κ3) is 4.31. The van der Waals surface area contributed by atoms with E-state index in [4.69, 9.17) is 11.6 Å². The van der Waals surface area contributed by atoms with Crippen LogP contribution in [0, 0.1) is 0 Å². The number of rotatable bonds is 6. The summed E-state index contributed by atoms with van der Waals surface area (Å²) >= 11 is 6.66. The van der Waals surface area contributed by atoms with Gasteiger partial charge < -0.3 is 15.2 Å². The average Bonchev–Trinajstić information content (AvgIpc) is 3.42. The van der Waals surface area contributed by atoms with Gasteiger partial charge in [-0.15, -0.1) is 0 Å². The molecule has 1 aliphatic heterocycles. The fourth-order valence-corrected chi connectivity index (χ4v) is 5.45. The first-order valence-electron chi connectivity index (χ1n) is 10.5. The molecule has 33 heavy (non-hydrogen) atoms. The second-order valence-electron chi connectivity index (χ2n) is 8.21. The molecule has 0 aliphatic carbocycles. The highest BCUT2D eigenvalue weighted by atomic mass is 35.5. The summed E-state index contributed by atoms with van der Waals surface area (Å²) in [6, 6.07) is 5.37. The van der Waals surface area contributed by atoms with Crippen molar-refractivity contribution in [1.82, 2.24) is 29.6 Å². The minimum atomic E-state index is -3.29. The number of imidazole rings is 1. The molecule has 1 saturated heterocycles. The van der Waals surface area contributed by atoms with E-state index in [1.54, 1.807) is 12.5 Å². The normalized spacial score (nSPS) is 17.7. The van der Waals surface area contributed by atoms with E-state index in [-0.39, 0.29) is 12.1 Å². The van der Waals surface area contributed by atoms with Crippen LogP contribution in [-0.4, -0.2) is 58.7 Å². The highest BCUT2D eigenvalue weighted by Gasteiger charge is 2.30. The van der Waals surface area contributed by atoms with Crippen molar-refractivity contribution in [1.29, 1.82) is 0 Å². The zero-order valence-electron chi connectivity index (χ0n) is 18.1. The third-order valence-electron chi connectivity index (χ3n) is 5.77. The molecule has 1 aromatic carbocycles. The minimum Gasteiger partial charge on any atom is -0.368 e. The van der Waals surface area contributed by atoms with Crippen molar-refractivity contribution in [3.8, 4) is 0 Å². The van der Waals surface area contributed by atoms with Crippen LogP contribution < -0.4 is 14.9 Å². The Morgan fingerprint density at radius 2 is 2.09 bits per heavy atom.